The third-order valence-corrected chi connectivity index (χ3v) is 4.87. The van der Waals surface area contributed by atoms with Gasteiger partial charge in [0, 0.05) is 37.0 Å². The normalized spacial score (nSPS) is 14.8. The average Bonchev–Trinajstić information content (AvgIpc) is 3.03. The summed E-state index contributed by atoms with van der Waals surface area (Å²) in [5, 5.41) is 20.5. The van der Waals surface area contributed by atoms with Crippen LogP contribution in [0.4, 0.5) is 11.6 Å². The Hall–Kier alpha value is -2.13. The number of hydrogen-bond donors (Lipinski definition) is 0. The van der Waals surface area contributed by atoms with Crippen LogP contribution in [0.2, 0.25) is 0 Å². The van der Waals surface area contributed by atoms with E-state index in [1.54, 1.807) is 12.1 Å². The first kappa shape index (κ1) is 16.7. The maximum absolute atomic E-state index is 11.1. The predicted octanol–water partition coefficient (Wildman–Crippen LogP) is 2.34. The van der Waals surface area contributed by atoms with Crippen molar-refractivity contribution < 1.29 is 9.66 Å². The SMILES string of the molecule is CCn1c(SCc2ccccc2[N+](=O)[O-])nnc1N1CCOCC1. The first-order chi connectivity index (χ1) is 11.7. The fourth-order valence-electron chi connectivity index (χ4n) is 2.62. The number of nitrogens with zero attached hydrogens (tertiary/aromatic N) is 5. The number of nitro groups is 1. The van der Waals surface area contributed by atoms with E-state index in [4.69, 9.17) is 4.74 Å². The summed E-state index contributed by atoms with van der Waals surface area (Å²) < 4.78 is 7.42. The van der Waals surface area contributed by atoms with Crippen molar-refractivity contribution in [1.29, 1.82) is 0 Å². The monoisotopic (exact) mass is 349 g/mol. The van der Waals surface area contributed by atoms with Crippen LogP contribution in [0.15, 0.2) is 29.4 Å². The molecule has 24 heavy (non-hydrogen) atoms. The van der Waals surface area contributed by atoms with Crippen LogP contribution in [-0.4, -0.2) is 46.0 Å². The highest BCUT2D eigenvalue weighted by Gasteiger charge is 2.20. The second-order valence-electron chi connectivity index (χ2n) is 5.30. The van der Waals surface area contributed by atoms with E-state index in [0.29, 0.717) is 24.5 Å². The molecule has 0 aliphatic carbocycles. The Bertz CT molecular complexity index is 715. The molecule has 2 aromatic rings. The molecule has 3 rings (SSSR count). The third-order valence-electron chi connectivity index (χ3n) is 3.85. The van der Waals surface area contributed by atoms with E-state index in [1.165, 1.54) is 17.8 Å². The van der Waals surface area contributed by atoms with Gasteiger partial charge in [0.05, 0.1) is 18.1 Å². The Labute approximate surface area is 144 Å². The van der Waals surface area contributed by atoms with Crippen LogP contribution in [0.25, 0.3) is 0 Å². The molecule has 1 aliphatic rings. The molecule has 8 nitrogen and oxygen atoms in total. The maximum atomic E-state index is 11.1. The summed E-state index contributed by atoms with van der Waals surface area (Å²) in [5.41, 5.74) is 0.826. The first-order valence-corrected chi connectivity index (χ1v) is 8.80. The highest BCUT2D eigenvalue weighted by molar-refractivity contribution is 7.98. The number of hydrogen-bond acceptors (Lipinski definition) is 7. The van der Waals surface area contributed by atoms with Crippen molar-refractivity contribution in [2.45, 2.75) is 24.4 Å². The number of thioether (sulfide) groups is 1. The van der Waals surface area contributed by atoms with E-state index in [9.17, 15) is 10.1 Å². The summed E-state index contributed by atoms with van der Waals surface area (Å²) >= 11 is 1.47. The van der Waals surface area contributed by atoms with Crippen molar-refractivity contribution in [3.63, 3.8) is 0 Å². The molecule has 1 fully saturated rings. The van der Waals surface area contributed by atoms with Crippen molar-refractivity contribution in [2.75, 3.05) is 31.2 Å². The van der Waals surface area contributed by atoms with E-state index >= 15 is 0 Å². The zero-order chi connectivity index (χ0) is 16.9. The van der Waals surface area contributed by atoms with Gasteiger partial charge >= 0.3 is 0 Å². The largest absolute Gasteiger partial charge is 0.378 e. The maximum Gasteiger partial charge on any atom is 0.273 e. The molecular formula is C15H19N5O3S. The van der Waals surface area contributed by atoms with E-state index in [0.717, 1.165) is 30.7 Å². The fourth-order valence-corrected chi connectivity index (χ4v) is 3.61. The second kappa shape index (κ2) is 7.63. The standard InChI is InChI=1S/C15H19N5O3S/c1-2-19-14(18-7-9-23-10-8-18)16-17-15(19)24-11-12-5-3-4-6-13(12)20(21)22/h3-6H,2,7-11H2,1H3. The zero-order valence-electron chi connectivity index (χ0n) is 13.4. The number of nitro benzene ring substituents is 1. The van der Waals surface area contributed by atoms with Gasteiger partial charge in [-0.15, -0.1) is 10.2 Å². The molecule has 0 amide bonds. The van der Waals surface area contributed by atoms with Gasteiger partial charge in [0.1, 0.15) is 0 Å². The zero-order valence-corrected chi connectivity index (χ0v) is 14.2. The molecule has 1 aliphatic heterocycles. The highest BCUT2D eigenvalue weighted by Crippen LogP contribution is 2.29. The lowest BCUT2D eigenvalue weighted by Crippen LogP contribution is -2.38. The van der Waals surface area contributed by atoms with Crippen molar-refractivity contribution in [2.24, 2.45) is 0 Å². The molecule has 9 heteroatoms. The quantitative estimate of drug-likeness (QED) is 0.449. The summed E-state index contributed by atoms with van der Waals surface area (Å²) in [5.74, 6) is 1.32. The van der Waals surface area contributed by atoms with E-state index in [1.807, 2.05) is 17.6 Å². The smallest absolute Gasteiger partial charge is 0.273 e. The molecule has 0 unspecified atom stereocenters. The Morgan fingerprint density at radius 1 is 1.29 bits per heavy atom. The van der Waals surface area contributed by atoms with Gasteiger partial charge in [0.25, 0.3) is 5.69 Å². The van der Waals surface area contributed by atoms with Gasteiger partial charge in [-0.05, 0) is 6.92 Å². The number of benzene rings is 1. The predicted molar refractivity (Wildman–Crippen MR) is 91.4 cm³/mol. The van der Waals surface area contributed by atoms with E-state index < -0.39 is 0 Å². The summed E-state index contributed by atoms with van der Waals surface area (Å²) in [6.07, 6.45) is 0. The lowest BCUT2D eigenvalue weighted by Gasteiger charge is -2.27. The molecule has 0 atom stereocenters. The highest BCUT2D eigenvalue weighted by atomic mass is 32.2. The number of anilines is 1. The molecule has 2 heterocycles. The molecule has 1 aromatic heterocycles. The molecule has 0 spiro atoms. The first-order valence-electron chi connectivity index (χ1n) is 7.81. The van der Waals surface area contributed by atoms with Gasteiger partial charge in [0.15, 0.2) is 5.16 Å². The minimum Gasteiger partial charge on any atom is -0.378 e. The molecule has 128 valence electrons. The Morgan fingerprint density at radius 2 is 2.04 bits per heavy atom. The topological polar surface area (TPSA) is 86.3 Å². The van der Waals surface area contributed by atoms with Crippen LogP contribution in [0.5, 0.6) is 0 Å². The van der Waals surface area contributed by atoms with Crippen molar-refractivity contribution in [1.82, 2.24) is 14.8 Å². The summed E-state index contributed by atoms with van der Waals surface area (Å²) in [7, 11) is 0. The van der Waals surface area contributed by atoms with Crippen LogP contribution in [-0.2, 0) is 17.0 Å². The van der Waals surface area contributed by atoms with E-state index in [-0.39, 0.29) is 10.6 Å². The Morgan fingerprint density at radius 3 is 2.75 bits per heavy atom. The van der Waals surface area contributed by atoms with Gasteiger partial charge in [-0.3, -0.25) is 14.7 Å². The minimum absolute atomic E-state index is 0.140. The van der Waals surface area contributed by atoms with Gasteiger partial charge in [-0.1, -0.05) is 30.0 Å². The van der Waals surface area contributed by atoms with Crippen LogP contribution < -0.4 is 4.90 Å². The van der Waals surface area contributed by atoms with Crippen molar-refractivity contribution >= 4 is 23.4 Å². The van der Waals surface area contributed by atoms with Crippen LogP contribution in [0.1, 0.15) is 12.5 Å². The lowest BCUT2D eigenvalue weighted by atomic mass is 10.2. The number of para-hydroxylation sites is 1. The molecule has 0 N–H and O–H groups in total. The van der Waals surface area contributed by atoms with Crippen LogP contribution in [0, 0.1) is 10.1 Å². The second-order valence-corrected chi connectivity index (χ2v) is 6.24. The van der Waals surface area contributed by atoms with Crippen LogP contribution in [0.3, 0.4) is 0 Å². The van der Waals surface area contributed by atoms with E-state index in [2.05, 4.69) is 15.1 Å². The fraction of sp³-hybridized carbons (Fsp3) is 0.467. The Balaban J connectivity index is 1.76. The molecule has 0 bridgehead atoms. The van der Waals surface area contributed by atoms with Gasteiger partial charge in [0.2, 0.25) is 5.95 Å². The van der Waals surface area contributed by atoms with Gasteiger partial charge in [-0.2, -0.15) is 0 Å². The lowest BCUT2D eigenvalue weighted by molar-refractivity contribution is -0.385. The number of rotatable bonds is 6. The molecule has 0 radical (unpaired) electrons. The molecule has 1 aromatic carbocycles. The van der Waals surface area contributed by atoms with Crippen LogP contribution >= 0.6 is 11.8 Å². The summed E-state index contributed by atoms with van der Waals surface area (Å²) in [6.45, 7) is 5.77. The van der Waals surface area contributed by atoms with Gasteiger partial charge < -0.3 is 9.64 Å². The summed E-state index contributed by atoms with van der Waals surface area (Å²) in [4.78, 5) is 12.9. The van der Waals surface area contributed by atoms with Crippen molar-refractivity contribution in [3.05, 3.63) is 39.9 Å². The molecular weight excluding hydrogens is 330 g/mol. The average molecular weight is 349 g/mol. The molecule has 1 saturated heterocycles. The summed E-state index contributed by atoms with van der Waals surface area (Å²) in [6, 6.07) is 6.80. The Kier molecular flexibility index (Phi) is 5.31. The number of ether oxygens (including phenoxy) is 1. The molecule has 0 saturated carbocycles. The van der Waals surface area contributed by atoms with Crippen molar-refractivity contribution in [3.8, 4) is 0 Å². The number of aromatic nitrogens is 3. The third kappa shape index (κ3) is 3.51. The number of morpholine rings is 1. The minimum atomic E-state index is -0.348. The van der Waals surface area contributed by atoms with Gasteiger partial charge in [-0.25, -0.2) is 0 Å².